The molecule has 1 atom stereocenters. The van der Waals surface area contributed by atoms with Crippen molar-refractivity contribution in [3.8, 4) is 0 Å². The molecule has 1 aliphatic heterocycles. The highest BCUT2D eigenvalue weighted by molar-refractivity contribution is 5.17. The van der Waals surface area contributed by atoms with E-state index in [9.17, 15) is 14.4 Å². The summed E-state index contributed by atoms with van der Waals surface area (Å²) in [5.41, 5.74) is -0.640. The van der Waals surface area contributed by atoms with Crippen molar-refractivity contribution in [2.24, 2.45) is 0 Å². The Bertz CT molecular complexity index is 1080. The van der Waals surface area contributed by atoms with Crippen LogP contribution in [0.25, 0.3) is 0 Å². The fourth-order valence-corrected chi connectivity index (χ4v) is 3.20. The van der Waals surface area contributed by atoms with Crippen molar-refractivity contribution in [1.29, 1.82) is 0 Å². The second-order valence-corrected chi connectivity index (χ2v) is 5.75. The lowest BCUT2D eigenvalue weighted by atomic mass is 10.0. The summed E-state index contributed by atoms with van der Waals surface area (Å²) >= 11 is 0. The van der Waals surface area contributed by atoms with E-state index in [1.165, 1.54) is 35.3 Å². The molecule has 3 aromatic heterocycles. The molecule has 8 nitrogen and oxygen atoms in total. The number of pyridine rings is 2. The zero-order valence-corrected chi connectivity index (χ0v) is 13.2. The Labute approximate surface area is 141 Å². The Morgan fingerprint density at radius 2 is 1.64 bits per heavy atom. The fourth-order valence-electron chi connectivity index (χ4n) is 3.20. The number of rotatable bonds is 3. The predicted molar refractivity (Wildman–Crippen MR) is 91.0 cm³/mol. The Kier molecular flexibility index (Phi) is 3.38. The third kappa shape index (κ3) is 2.22. The van der Waals surface area contributed by atoms with Gasteiger partial charge < -0.3 is 4.57 Å². The third-order valence-corrected chi connectivity index (χ3v) is 4.42. The average molecular weight is 337 g/mol. The van der Waals surface area contributed by atoms with E-state index in [1.807, 2.05) is 0 Å². The highest BCUT2D eigenvalue weighted by atomic mass is 16.2. The highest BCUT2D eigenvalue weighted by Gasteiger charge is 2.50. The van der Waals surface area contributed by atoms with Crippen LogP contribution >= 0.6 is 0 Å². The van der Waals surface area contributed by atoms with Gasteiger partial charge in [0.15, 0.2) is 5.43 Å². The quantitative estimate of drug-likeness (QED) is 0.659. The second-order valence-electron chi connectivity index (χ2n) is 5.75. The summed E-state index contributed by atoms with van der Waals surface area (Å²) in [7, 11) is 0. The van der Waals surface area contributed by atoms with Gasteiger partial charge in [0.2, 0.25) is 5.79 Å². The van der Waals surface area contributed by atoms with E-state index in [-0.39, 0.29) is 16.5 Å². The molecular formula is C17H15N5O3. The molecule has 1 unspecified atom stereocenters. The van der Waals surface area contributed by atoms with E-state index in [0.717, 1.165) is 0 Å². The van der Waals surface area contributed by atoms with Crippen molar-refractivity contribution in [3.05, 3.63) is 98.2 Å². The molecule has 126 valence electrons. The molecule has 3 aromatic rings. The van der Waals surface area contributed by atoms with Crippen LogP contribution in [-0.2, 0) is 5.79 Å². The summed E-state index contributed by atoms with van der Waals surface area (Å²) in [5.74, 6) is -0.982. The van der Waals surface area contributed by atoms with Crippen LogP contribution in [0.5, 0.6) is 0 Å². The first-order valence-electron chi connectivity index (χ1n) is 7.82. The molecule has 8 heteroatoms. The first kappa shape index (κ1) is 15.1. The maximum atomic E-state index is 12.5. The van der Waals surface area contributed by atoms with Crippen molar-refractivity contribution in [2.45, 2.75) is 12.2 Å². The molecule has 0 saturated carbocycles. The summed E-state index contributed by atoms with van der Waals surface area (Å²) in [4.78, 5) is 37.5. The lowest BCUT2D eigenvalue weighted by Gasteiger charge is -2.54. The molecule has 4 heterocycles. The Morgan fingerprint density at radius 1 is 0.880 bits per heavy atom. The van der Waals surface area contributed by atoms with Crippen molar-refractivity contribution in [3.63, 3.8) is 0 Å². The monoisotopic (exact) mass is 337 g/mol. The Balaban J connectivity index is 1.98. The van der Waals surface area contributed by atoms with Gasteiger partial charge in [0, 0.05) is 62.0 Å². The van der Waals surface area contributed by atoms with Crippen LogP contribution in [0.1, 0.15) is 6.42 Å². The molecule has 1 saturated heterocycles. The molecule has 25 heavy (non-hydrogen) atoms. The predicted octanol–water partition coefficient (Wildman–Crippen LogP) is -0.233. The summed E-state index contributed by atoms with van der Waals surface area (Å²) in [6, 6.07) is 10.7. The smallest absolute Gasteiger partial charge is 0.286 e. The van der Waals surface area contributed by atoms with Crippen LogP contribution in [0.15, 0.2) is 81.6 Å². The molecule has 0 bridgehead atoms. The average Bonchev–Trinajstić information content (AvgIpc) is 2.60. The molecule has 1 fully saturated rings. The molecule has 0 radical (unpaired) electrons. The first-order chi connectivity index (χ1) is 12.1. The van der Waals surface area contributed by atoms with Gasteiger partial charge in [-0.3, -0.25) is 19.0 Å². The maximum absolute atomic E-state index is 12.5. The van der Waals surface area contributed by atoms with Crippen LogP contribution in [-0.4, -0.2) is 25.6 Å². The third-order valence-electron chi connectivity index (χ3n) is 4.42. The topological polar surface area (TPSA) is 82.1 Å². The zero-order chi connectivity index (χ0) is 17.4. The van der Waals surface area contributed by atoms with Gasteiger partial charge in [-0.1, -0.05) is 6.07 Å². The van der Waals surface area contributed by atoms with Crippen molar-refractivity contribution in [1.82, 2.24) is 19.0 Å². The minimum atomic E-state index is -0.982. The number of hydrogen-bond acceptors (Lipinski definition) is 5. The second kappa shape index (κ2) is 5.59. The number of hydrogen-bond donors (Lipinski definition) is 0. The molecule has 0 amide bonds. The van der Waals surface area contributed by atoms with Gasteiger partial charge in [-0.25, -0.2) is 5.01 Å². The minimum Gasteiger partial charge on any atom is -0.312 e. The molecule has 0 spiro atoms. The van der Waals surface area contributed by atoms with Crippen LogP contribution in [0.2, 0.25) is 0 Å². The van der Waals surface area contributed by atoms with Gasteiger partial charge in [-0.15, -0.1) is 4.79 Å². The summed E-state index contributed by atoms with van der Waals surface area (Å²) in [6.07, 6.45) is 6.98. The SMILES string of the molecule is O=c1ccn(C2(n3ccccc3=O)CCN2n2ncccc2=O)cc1. The van der Waals surface area contributed by atoms with Crippen molar-refractivity contribution >= 4 is 0 Å². The lowest BCUT2D eigenvalue weighted by Crippen LogP contribution is -2.73. The van der Waals surface area contributed by atoms with Crippen LogP contribution < -0.4 is 21.6 Å². The van der Waals surface area contributed by atoms with Gasteiger partial charge in [-0.2, -0.15) is 5.10 Å². The van der Waals surface area contributed by atoms with Gasteiger partial charge in [-0.05, 0) is 12.1 Å². The molecular weight excluding hydrogens is 322 g/mol. The Morgan fingerprint density at radius 3 is 2.28 bits per heavy atom. The van der Waals surface area contributed by atoms with E-state index in [2.05, 4.69) is 5.10 Å². The maximum Gasteiger partial charge on any atom is 0.286 e. The summed E-state index contributed by atoms with van der Waals surface area (Å²) in [5, 5.41) is 5.84. The summed E-state index contributed by atoms with van der Waals surface area (Å²) in [6.45, 7) is 0.532. The van der Waals surface area contributed by atoms with E-state index in [4.69, 9.17) is 0 Å². The molecule has 0 N–H and O–H groups in total. The lowest BCUT2D eigenvalue weighted by molar-refractivity contribution is 0.0676. The van der Waals surface area contributed by atoms with Crippen LogP contribution in [0.3, 0.4) is 0 Å². The standard InChI is InChI=1S/C17H15N5O3/c23-14-6-11-19(12-7-14)17(20-10-2-1-4-15(20)24)8-13-21(17)22-16(25)5-3-9-18-22/h1-7,9-12H,8,13H2. The molecule has 1 aliphatic rings. The van der Waals surface area contributed by atoms with E-state index in [0.29, 0.717) is 13.0 Å². The number of nitrogens with zero attached hydrogens (tertiary/aromatic N) is 5. The minimum absolute atomic E-state index is 0.132. The van der Waals surface area contributed by atoms with E-state index >= 15 is 0 Å². The molecule has 4 rings (SSSR count). The van der Waals surface area contributed by atoms with Crippen LogP contribution in [0.4, 0.5) is 0 Å². The van der Waals surface area contributed by atoms with Gasteiger partial charge in [0.1, 0.15) is 0 Å². The van der Waals surface area contributed by atoms with Gasteiger partial charge in [0.25, 0.3) is 11.1 Å². The highest BCUT2D eigenvalue weighted by Crippen LogP contribution is 2.33. The van der Waals surface area contributed by atoms with E-state index in [1.54, 1.807) is 50.9 Å². The summed E-state index contributed by atoms with van der Waals surface area (Å²) < 4.78 is 3.29. The zero-order valence-electron chi connectivity index (χ0n) is 13.2. The largest absolute Gasteiger partial charge is 0.312 e. The van der Waals surface area contributed by atoms with Crippen molar-refractivity contribution in [2.75, 3.05) is 11.6 Å². The number of aromatic nitrogens is 4. The first-order valence-corrected chi connectivity index (χ1v) is 7.82. The normalized spacial score (nSPS) is 19.4. The van der Waals surface area contributed by atoms with Crippen molar-refractivity contribution < 1.29 is 0 Å². The van der Waals surface area contributed by atoms with Crippen LogP contribution in [0, 0.1) is 0 Å². The van der Waals surface area contributed by atoms with Gasteiger partial charge >= 0.3 is 0 Å². The van der Waals surface area contributed by atoms with Gasteiger partial charge in [0.05, 0.1) is 0 Å². The Hall–Kier alpha value is -3.42. The fraction of sp³-hybridized carbons (Fsp3) is 0.176. The van der Waals surface area contributed by atoms with E-state index < -0.39 is 5.79 Å². The molecule has 0 aliphatic carbocycles. The molecule has 0 aromatic carbocycles.